The molecular weight excluding hydrogens is 375 g/mol. The van der Waals surface area contributed by atoms with Gasteiger partial charge in [0.2, 0.25) is 0 Å². The van der Waals surface area contributed by atoms with E-state index in [1.54, 1.807) is 0 Å². The summed E-state index contributed by atoms with van der Waals surface area (Å²) in [5.74, 6) is -1.17. The van der Waals surface area contributed by atoms with Gasteiger partial charge in [-0.25, -0.2) is 8.42 Å². The number of rotatable bonds is 3. The molecule has 0 heterocycles. The second-order valence-corrected chi connectivity index (χ2v) is 7.66. The molecule has 2 N–H and O–H groups in total. The lowest BCUT2D eigenvalue weighted by Gasteiger charge is -2.08. The molecule has 0 aromatic heterocycles. The van der Waals surface area contributed by atoms with E-state index in [0.29, 0.717) is 5.02 Å². The van der Waals surface area contributed by atoms with Gasteiger partial charge in [0.25, 0.3) is 11.8 Å². The fourth-order valence-corrected chi connectivity index (χ4v) is 2.68. The fourth-order valence-electron chi connectivity index (χ4n) is 1.75. The minimum Gasteiger partial charge on any atom is -0.267 e. The van der Waals surface area contributed by atoms with Crippen LogP contribution in [0.25, 0.3) is 0 Å². The first kappa shape index (κ1) is 18.3. The van der Waals surface area contributed by atoms with Crippen molar-refractivity contribution >= 4 is 44.9 Å². The van der Waals surface area contributed by atoms with Crippen molar-refractivity contribution in [1.82, 2.24) is 10.9 Å². The first-order chi connectivity index (χ1) is 11.2. The van der Waals surface area contributed by atoms with Gasteiger partial charge in [0.15, 0.2) is 9.84 Å². The van der Waals surface area contributed by atoms with E-state index in [9.17, 15) is 18.0 Å². The highest BCUT2D eigenvalue weighted by atomic mass is 35.5. The largest absolute Gasteiger partial charge is 0.269 e. The Morgan fingerprint density at radius 3 is 1.83 bits per heavy atom. The number of hydrogen-bond donors (Lipinski definition) is 2. The summed E-state index contributed by atoms with van der Waals surface area (Å²) in [6, 6.07) is 9.59. The second-order valence-electron chi connectivity index (χ2n) is 4.83. The van der Waals surface area contributed by atoms with Crippen LogP contribution in [0.1, 0.15) is 20.7 Å². The standard InChI is InChI=1S/C15H12Cl2N2O4S/c1-24(22,23)11-5-2-9(3-6-11)14(20)18-19-15(21)10-4-7-12(16)13(17)8-10/h2-8H,1H3,(H,18,20)(H,19,21). The zero-order valence-corrected chi connectivity index (χ0v) is 14.7. The van der Waals surface area contributed by atoms with Gasteiger partial charge in [-0.15, -0.1) is 0 Å². The fraction of sp³-hybridized carbons (Fsp3) is 0.0667. The van der Waals surface area contributed by atoms with Gasteiger partial charge in [0, 0.05) is 17.4 Å². The zero-order valence-electron chi connectivity index (χ0n) is 12.3. The highest BCUT2D eigenvalue weighted by Crippen LogP contribution is 2.22. The Labute approximate surface area is 148 Å². The van der Waals surface area contributed by atoms with E-state index >= 15 is 0 Å². The molecule has 0 fully saturated rings. The molecule has 0 saturated heterocycles. The number of halogens is 2. The van der Waals surface area contributed by atoms with Gasteiger partial charge >= 0.3 is 0 Å². The maximum atomic E-state index is 11.9. The topological polar surface area (TPSA) is 92.3 Å². The van der Waals surface area contributed by atoms with Crippen molar-refractivity contribution in [3.8, 4) is 0 Å². The summed E-state index contributed by atoms with van der Waals surface area (Å²) < 4.78 is 22.7. The van der Waals surface area contributed by atoms with E-state index in [4.69, 9.17) is 23.2 Å². The molecule has 0 aliphatic heterocycles. The molecule has 24 heavy (non-hydrogen) atoms. The van der Waals surface area contributed by atoms with E-state index in [1.165, 1.54) is 42.5 Å². The van der Waals surface area contributed by atoms with Crippen LogP contribution in [0.3, 0.4) is 0 Å². The van der Waals surface area contributed by atoms with Crippen LogP contribution in [0.15, 0.2) is 47.4 Å². The minimum absolute atomic E-state index is 0.0962. The van der Waals surface area contributed by atoms with E-state index in [-0.39, 0.29) is 21.0 Å². The molecule has 9 heteroatoms. The molecule has 0 atom stereocenters. The Morgan fingerprint density at radius 1 is 0.833 bits per heavy atom. The molecule has 126 valence electrons. The molecule has 0 bridgehead atoms. The zero-order chi connectivity index (χ0) is 17.9. The number of benzene rings is 2. The Balaban J connectivity index is 2.02. The highest BCUT2D eigenvalue weighted by Gasteiger charge is 2.12. The lowest BCUT2D eigenvalue weighted by Crippen LogP contribution is -2.41. The third kappa shape index (κ3) is 4.47. The van der Waals surface area contributed by atoms with Gasteiger partial charge in [0.05, 0.1) is 14.9 Å². The van der Waals surface area contributed by atoms with Crippen LogP contribution in [0.2, 0.25) is 10.0 Å². The Bertz CT molecular complexity index is 896. The van der Waals surface area contributed by atoms with Crippen LogP contribution < -0.4 is 10.9 Å². The van der Waals surface area contributed by atoms with Crippen molar-refractivity contribution in [3.63, 3.8) is 0 Å². The molecule has 2 aromatic rings. The van der Waals surface area contributed by atoms with E-state index < -0.39 is 21.7 Å². The Hall–Kier alpha value is -2.09. The van der Waals surface area contributed by atoms with Gasteiger partial charge in [-0.1, -0.05) is 23.2 Å². The van der Waals surface area contributed by atoms with Crippen LogP contribution >= 0.6 is 23.2 Å². The SMILES string of the molecule is CS(=O)(=O)c1ccc(C(=O)NNC(=O)c2ccc(Cl)c(Cl)c2)cc1. The molecule has 0 aliphatic rings. The molecular formula is C15H12Cl2N2O4S. The summed E-state index contributed by atoms with van der Waals surface area (Å²) in [6.07, 6.45) is 1.07. The van der Waals surface area contributed by atoms with Crippen molar-refractivity contribution in [1.29, 1.82) is 0 Å². The first-order valence-electron chi connectivity index (χ1n) is 6.54. The second kappa shape index (κ2) is 7.21. The summed E-state index contributed by atoms with van der Waals surface area (Å²) in [5.41, 5.74) is 4.87. The average molecular weight is 387 g/mol. The van der Waals surface area contributed by atoms with Gasteiger partial charge in [-0.2, -0.15) is 0 Å². The molecule has 2 amide bonds. The van der Waals surface area contributed by atoms with Crippen LogP contribution in [0, 0.1) is 0 Å². The molecule has 0 radical (unpaired) electrons. The molecule has 0 aliphatic carbocycles. The summed E-state index contributed by atoms with van der Waals surface area (Å²) in [7, 11) is -3.34. The van der Waals surface area contributed by atoms with E-state index in [0.717, 1.165) is 6.26 Å². The van der Waals surface area contributed by atoms with Gasteiger partial charge < -0.3 is 0 Å². The molecule has 2 rings (SSSR count). The first-order valence-corrected chi connectivity index (χ1v) is 9.19. The Morgan fingerprint density at radius 2 is 1.33 bits per heavy atom. The predicted octanol–water partition coefficient (Wildman–Crippen LogP) is 2.47. The van der Waals surface area contributed by atoms with Gasteiger partial charge in [-0.3, -0.25) is 20.4 Å². The number of hydrogen-bond acceptors (Lipinski definition) is 4. The number of sulfone groups is 1. The highest BCUT2D eigenvalue weighted by molar-refractivity contribution is 7.90. The summed E-state index contributed by atoms with van der Waals surface area (Å²) in [4.78, 5) is 24.0. The van der Waals surface area contributed by atoms with Gasteiger partial charge in [0.1, 0.15) is 0 Å². The monoisotopic (exact) mass is 386 g/mol. The number of hydrazine groups is 1. The van der Waals surface area contributed by atoms with Crippen molar-refractivity contribution in [2.45, 2.75) is 4.90 Å². The maximum absolute atomic E-state index is 11.9. The number of carbonyl (C=O) groups is 2. The van der Waals surface area contributed by atoms with E-state index in [1.807, 2.05) is 0 Å². The number of nitrogens with one attached hydrogen (secondary N) is 2. The minimum atomic E-state index is -3.34. The molecule has 6 nitrogen and oxygen atoms in total. The number of amides is 2. The van der Waals surface area contributed by atoms with Crippen LogP contribution in [-0.2, 0) is 9.84 Å². The summed E-state index contributed by atoms with van der Waals surface area (Å²) >= 11 is 11.6. The molecule has 2 aromatic carbocycles. The Kier molecular flexibility index (Phi) is 5.48. The predicted molar refractivity (Wildman–Crippen MR) is 90.9 cm³/mol. The van der Waals surface area contributed by atoms with Crippen LogP contribution in [0.4, 0.5) is 0 Å². The third-order valence-electron chi connectivity index (χ3n) is 3.02. The third-order valence-corrected chi connectivity index (χ3v) is 4.88. The van der Waals surface area contributed by atoms with Crippen LogP contribution in [0.5, 0.6) is 0 Å². The molecule has 0 spiro atoms. The lowest BCUT2D eigenvalue weighted by atomic mass is 10.2. The van der Waals surface area contributed by atoms with Crippen molar-refractivity contribution in [3.05, 3.63) is 63.6 Å². The lowest BCUT2D eigenvalue weighted by molar-refractivity contribution is 0.0846. The normalized spacial score (nSPS) is 11.0. The van der Waals surface area contributed by atoms with Crippen molar-refractivity contribution in [2.24, 2.45) is 0 Å². The molecule has 0 saturated carbocycles. The number of carbonyl (C=O) groups excluding carboxylic acids is 2. The molecule has 0 unspecified atom stereocenters. The van der Waals surface area contributed by atoms with Gasteiger partial charge in [-0.05, 0) is 42.5 Å². The van der Waals surface area contributed by atoms with Crippen LogP contribution in [-0.4, -0.2) is 26.5 Å². The maximum Gasteiger partial charge on any atom is 0.269 e. The smallest absolute Gasteiger partial charge is 0.267 e. The van der Waals surface area contributed by atoms with E-state index in [2.05, 4.69) is 10.9 Å². The summed E-state index contributed by atoms with van der Waals surface area (Å²) in [5, 5.41) is 0.523. The van der Waals surface area contributed by atoms with Crippen molar-refractivity contribution < 1.29 is 18.0 Å². The van der Waals surface area contributed by atoms with Crippen molar-refractivity contribution in [2.75, 3.05) is 6.26 Å². The average Bonchev–Trinajstić information content (AvgIpc) is 2.54. The quantitative estimate of drug-likeness (QED) is 0.792. The summed E-state index contributed by atoms with van der Waals surface area (Å²) in [6.45, 7) is 0.